The zero-order valence-electron chi connectivity index (χ0n) is 12.8. The predicted molar refractivity (Wildman–Crippen MR) is 92.6 cm³/mol. The summed E-state index contributed by atoms with van der Waals surface area (Å²) < 4.78 is 0. The summed E-state index contributed by atoms with van der Waals surface area (Å²) in [6, 6.07) is 4.25. The Bertz CT molecular complexity index is 552. The second kappa shape index (κ2) is 8.52. The number of rotatable bonds is 3. The zero-order chi connectivity index (χ0) is 15.1. The van der Waals surface area contributed by atoms with Gasteiger partial charge in [0.15, 0.2) is 0 Å². The lowest BCUT2D eigenvalue weighted by Gasteiger charge is -2.13. The summed E-state index contributed by atoms with van der Waals surface area (Å²) in [5.74, 6) is 0. The summed E-state index contributed by atoms with van der Waals surface area (Å²) in [6.07, 6.45) is 6.05. The fourth-order valence-electron chi connectivity index (χ4n) is 2.70. The van der Waals surface area contributed by atoms with Crippen LogP contribution in [-0.2, 0) is 25.7 Å². The lowest BCUT2D eigenvalue weighted by atomic mass is 9.94. The first-order chi connectivity index (χ1) is 10.3. The Balaban J connectivity index is 0.000000774. The highest BCUT2D eigenvalue weighted by molar-refractivity contribution is 7.09. The second-order valence-corrected chi connectivity index (χ2v) is 6.23. The van der Waals surface area contributed by atoms with E-state index in [-0.39, 0.29) is 0 Å². The SMILES string of the molecule is CC.Clc1ccc2c(c1CCc1nccs1)CCNCC2. The average molecular weight is 323 g/mol. The van der Waals surface area contributed by atoms with E-state index in [2.05, 4.69) is 22.4 Å². The second-order valence-electron chi connectivity index (χ2n) is 4.84. The molecule has 0 unspecified atom stereocenters. The first-order valence-electron chi connectivity index (χ1n) is 7.73. The average Bonchev–Trinajstić information content (AvgIpc) is 2.92. The third-order valence-corrected chi connectivity index (χ3v) is 4.86. The molecule has 0 saturated heterocycles. The smallest absolute Gasteiger partial charge is 0.0928 e. The highest BCUT2D eigenvalue weighted by atomic mass is 35.5. The van der Waals surface area contributed by atoms with Crippen molar-refractivity contribution in [3.05, 3.63) is 50.4 Å². The van der Waals surface area contributed by atoms with E-state index in [0.29, 0.717) is 0 Å². The summed E-state index contributed by atoms with van der Waals surface area (Å²) >= 11 is 8.14. The van der Waals surface area contributed by atoms with Crippen LogP contribution in [0.25, 0.3) is 0 Å². The number of hydrogen-bond donors (Lipinski definition) is 1. The van der Waals surface area contributed by atoms with Crippen LogP contribution in [0.1, 0.15) is 35.5 Å². The molecule has 0 bridgehead atoms. The third kappa shape index (κ3) is 4.29. The minimum absolute atomic E-state index is 0.914. The van der Waals surface area contributed by atoms with E-state index in [1.165, 1.54) is 21.7 Å². The topological polar surface area (TPSA) is 24.9 Å². The van der Waals surface area contributed by atoms with Crippen LogP contribution >= 0.6 is 22.9 Å². The molecule has 0 aliphatic carbocycles. The van der Waals surface area contributed by atoms with Crippen molar-refractivity contribution in [2.24, 2.45) is 0 Å². The molecule has 1 N–H and O–H groups in total. The van der Waals surface area contributed by atoms with Gasteiger partial charge in [0.1, 0.15) is 0 Å². The number of benzene rings is 1. The van der Waals surface area contributed by atoms with Gasteiger partial charge in [-0.05, 0) is 55.1 Å². The highest BCUT2D eigenvalue weighted by Gasteiger charge is 2.14. The molecule has 1 aromatic heterocycles. The van der Waals surface area contributed by atoms with Crippen LogP contribution in [0, 0.1) is 0 Å². The molecule has 21 heavy (non-hydrogen) atoms. The molecular formula is C17H23ClN2S. The molecular weight excluding hydrogens is 300 g/mol. The molecule has 1 aliphatic rings. The quantitative estimate of drug-likeness (QED) is 0.911. The number of nitrogens with one attached hydrogen (secondary N) is 1. The molecule has 0 spiro atoms. The normalized spacial score (nSPS) is 13.9. The van der Waals surface area contributed by atoms with Crippen molar-refractivity contribution in [3.63, 3.8) is 0 Å². The van der Waals surface area contributed by atoms with Crippen molar-refractivity contribution in [2.75, 3.05) is 13.1 Å². The lowest BCUT2D eigenvalue weighted by Crippen LogP contribution is -2.16. The number of nitrogens with zero attached hydrogens (tertiary/aromatic N) is 1. The Morgan fingerprint density at radius 3 is 2.76 bits per heavy atom. The molecule has 0 atom stereocenters. The Labute approximate surface area is 136 Å². The van der Waals surface area contributed by atoms with Gasteiger partial charge in [0, 0.05) is 23.0 Å². The minimum atomic E-state index is 0.914. The fraction of sp³-hybridized carbons (Fsp3) is 0.471. The van der Waals surface area contributed by atoms with Gasteiger partial charge in [0.25, 0.3) is 0 Å². The maximum absolute atomic E-state index is 6.42. The van der Waals surface area contributed by atoms with Crippen LogP contribution in [0.5, 0.6) is 0 Å². The Morgan fingerprint density at radius 2 is 2.00 bits per heavy atom. The van der Waals surface area contributed by atoms with Gasteiger partial charge in [0.05, 0.1) is 5.01 Å². The molecule has 2 aromatic rings. The number of halogens is 1. The molecule has 1 aromatic carbocycles. The molecule has 3 rings (SSSR count). The van der Waals surface area contributed by atoms with Crippen LogP contribution in [0.15, 0.2) is 23.7 Å². The molecule has 0 radical (unpaired) electrons. The zero-order valence-corrected chi connectivity index (χ0v) is 14.4. The van der Waals surface area contributed by atoms with E-state index in [1.54, 1.807) is 11.3 Å². The van der Waals surface area contributed by atoms with E-state index in [0.717, 1.165) is 43.8 Å². The maximum Gasteiger partial charge on any atom is 0.0928 e. The monoisotopic (exact) mass is 322 g/mol. The van der Waals surface area contributed by atoms with Crippen LogP contribution in [0.4, 0.5) is 0 Å². The summed E-state index contributed by atoms with van der Waals surface area (Å²) in [6.45, 7) is 6.12. The van der Waals surface area contributed by atoms with E-state index in [1.807, 2.05) is 25.4 Å². The molecule has 1 aliphatic heterocycles. The first-order valence-corrected chi connectivity index (χ1v) is 8.98. The Kier molecular flexibility index (Phi) is 6.68. The van der Waals surface area contributed by atoms with E-state index < -0.39 is 0 Å². The van der Waals surface area contributed by atoms with Crippen molar-refractivity contribution in [1.82, 2.24) is 10.3 Å². The van der Waals surface area contributed by atoms with Crippen molar-refractivity contribution >= 4 is 22.9 Å². The van der Waals surface area contributed by atoms with Gasteiger partial charge in [-0.1, -0.05) is 31.5 Å². The van der Waals surface area contributed by atoms with Crippen LogP contribution in [0.3, 0.4) is 0 Å². The molecule has 0 amide bonds. The summed E-state index contributed by atoms with van der Waals surface area (Å²) in [5.41, 5.74) is 4.26. The maximum atomic E-state index is 6.42. The number of fused-ring (bicyclic) bond motifs is 1. The Hall–Kier alpha value is -0.900. The fourth-order valence-corrected chi connectivity index (χ4v) is 3.59. The lowest BCUT2D eigenvalue weighted by molar-refractivity contribution is 0.709. The van der Waals surface area contributed by atoms with Gasteiger partial charge in [-0.25, -0.2) is 4.98 Å². The minimum Gasteiger partial charge on any atom is -0.316 e. The van der Waals surface area contributed by atoms with Crippen LogP contribution in [0.2, 0.25) is 5.02 Å². The molecule has 0 fully saturated rings. The van der Waals surface area contributed by atoms with Crippen LogP contribution < -0.4 is 5.32 Å². The number of hydrogen-bond acceptors (Lipinski definition) is 3. The standard InChI is InChI=1S/C15H17ClN2S.C2H6/c16-14-3-1-11-5-7-17-8-6-12(11)13(14)2-4-15-18-9-10-19-15;1-2/h1,3,9-10,17H,2,4-8H2;1-2H3. The molecule has 2 nitrogen and oxygen atoms in total. The van der Waals surface area contributed by atoms with Crippen LogP contribution in [-0.4, -0.2) is 18.1 Å². The van der Waals surface area contributed by atoms with Crippen molar-refractivity contribution in [2.45, 2.75) is 39.5 Å². The Morgan fingerprint density at radius 1 is 1.19 bits per heavy atom. The summed E-state index contributed by atoms with van der Waals surface area (Å²) in [5, 5.41) is 7.60. The van der Waals surface area contributed by atoms with E-state index in [9.17, 15) is 0 Å². The molecule has 0 saturated carbocycles. The van der Waals surface area contributed by atoms with Crippen molar-refractivity contribution in [3.8, 4) is 0 Å². The number of thiazole rings is 1. The predicted octanol–water partition coefficient (Wildman–Crippen LogP) is 4.30. The first kappa shape index (κ1) is 16.5. The number of aryl methyl sites for hydroxylation is 1. The molecule has 2 heterocycles. The third-order valence-electron chi connectivity index (χ3n) is 3.67. The van der Waals surface area contributed by atoms with Crippen molar-refractivity contribution < 1.29 is 0 Å². The van der Waals surface area contributed by atoms with E-state index in [4.69, 9.17) is 11.6 Å². The molecule has 114 valence electrons. The van der Waals surface area contributed by atoms with E-state index >= 15 is 0 Å². The van der Waals surface area contributed by atoms with Gasteiger partial charge >= 0.3 is 0 Å². The van der Waals surface area contributed by atoms with Gasteiger partial charge < -0.3 is 5.32 Å². The molecule has 4 heteroatoms. The van der Waals surface area contributed by atoms with Gasteiger partial charge in [-0.15, -0.1) is 11.3 Å². The van der Waals surface area contributed by atoms with Crippen molar-refractivity contribution in [1.29, 1.82) is 0 Å². The van der Waals surface area contributed by atoms with Gasteiger partial charge in [-0.2, -0.15) is 0 Å². The van der Waals surface area contributed by atoms with Gasteiger partial charge in [-0.3, -0.25) is 0 Å². The largest absolute Gasteiger partial charge is 0.316 e. The highest BCUT2D eigenvalue weighted by Crippen LogP contribution is 2.27. The number of aromatic nitrogens is 1. The van der Waals surface area contributed by atoms with Gasteiger partial charge in [0.2, 0.25) is 0 Å². The summed E-state index contributed by atoms with van der Waals surface area (Å²) in [7, 11) is 0. The summed E-state index contributed by atoms with van der Waals surface area (Å²) in [4.78, 5) is 4.35.